The van der Waals surface area contributed by atoms with Gasteiger partial charge in [0.1, 0.15) is 11.8 Å². The molecule has 0 aliphatic heterocycles. The largest absolute Gasteiger partial charge is 0.357 e. The van der Waals surface area contributed by atoms with Crippen LogP contribution in [0.25, 0.3) is 22.1 Å². The minimum atomic E-state index is 0.631. The van der Waals surface area contributed by atoms with E-state index in [9.17, 15) is 0 Å². The van der Waals surface area contributed by atoms with Gasteiger partial charge < -0.3 is 20.6 Å². The smallest absolute Gasteiger partial charge is 0.202 e. The fraction of sp³-hybridized carbons (Fsp3) is 0.235. The van der Waals surface area contributed by atoms with Crippen molar-refractivity contribution in [1.82, 2.24) is 30.2 Å². The van der Waals surface area contributed by atoms with Crippen LogP contribution in [0.5, 0.6) is 0 Å². The summed E-state index contributed by atoms with van der Waals surface area (Å²) in [6, 6.07) is 5.69. The van der Waals surface area contributed by atoms with E-state index in [1.165, 1.54) is 6.33 Å². The molecule has 0 amide bonds. The number of hydrogen-bond acceptors (Lipinski definition) is 5. The molecule has 4 rings (SSSR count). The number of rotatable bonds is 7. The van der Waals surface area contributed by atoms with E-state index in [2.05, 4.69) is 41.6 Å². The first-order valence-corrected chi connectivity index (χ1v) is 9.01. The molecule has 7 nitrogen and oxygen atoms in total. The average Bonchev–Trinajstić information content (AvgIpc) is 3.21. The van der Waals surface area contributed by atoms with Crippen molar-refractivity contribution < 1.29 is 0 Å². The fourth-order valence-electron chi connectivity index (χ4n) is 2.80. The van der Waals surface area contributed by atoms with Gasteiger partial charge in [0.2, 0.25) is 5.95 Å². The predicted molar refractivity (Wildman–Crippen MR) is 105 cm³/mol. The van der Waals surface area contributed by atoms with Gasteiger partial charge in [0.05, 0.1) is 11.2 Å². The molecule has 0 bridgehead atoms. The molecule has 0 atom stereocenters. The highest BCUT2D eigenvalue weighted by molar-refractivity contribution is 6.38. The first-order chi connectivity index (χ1) is 12.7. The number of nitrogens with zero attached hydrogens (tertiary/aromatic N) is 3. The normalized spacial score (nSPS) is 11.5. The van der Waals surface area contributed by atoms with Gasteiger partial charge in [-0.3, -0.25) is 0 Å². The summed E-state index contributed by atoms with van der Waals surface area (Å²) >= 11 is 12.2. The second kappa shape index (κ2) is 7.49. The fourth-order valence-corrected chi connectivity index (χ4v) is 3.35. The summed E-state index contributed by atoms with van der Waals surface area (Å²) in [6.45, 7) is 2.41. The summed E-state index contributed by atoms with van der Waals surface area (Å²) in [6.07, 6.45) is 4.15. The van der Waals surface area contributed by atoms with Gasteiger partial charge in [-0.15, -0.1) is 0 Å². The van der Waals surface area contributed by atoms with Crippen LogP contribution in [0, 0.1) is 0 Å². The van der Waals surface area contributed by atoms with Gasteiger partial charge in [0, 0.05) is 34.7 Å². The third-order valence-corrected chi connectivity index (χ3v) is 4.54. The Morgan fingerprint density at radius 1 is 1.04 bits per heavy atom. The van der Waals surface area contributed by atoms with E-state index in [1.807, 2.05) is 6.07 Å². The number of H-pyrrole nitrogens is 2. The molecule has 0 fully saturated rings. The van der Waals surface area contributed by atoms with Crippen LogP contribution < -0.4 is 10.6 Å². The third kappa shape index (κ3) is 3.75. The van der Waals surface area contributed by atoms with Crippen molar-refractivity contribution >= 4 is 51.2 Å². The number of anilines is 1. The zero-order valence-electron chi connectivity index (χ0n) is 13.8. The van der Waals surface area contributed by atoms with E-state index in [1.54, 1.807) is 12.3 Å². The van der Waals surface area contributed by atoms with Crippen LogP contribution in [0.4, 0.5) is 5.95 Å². The Morgan fingerprint density at radius 2 is 1.96 bits per heavy atom. The zero-order chi connectivity index (χ0) is 17.9. The number of halogens is 2. The molecule has 0 saturated carbocycles. The van der Waals surface area contributed by atoms with Crippen LogP contribution in [0.3, 0.4) is 0 Å². The van der Waals surface area contributed by atoms with Gasteiger partial charge in [-0.25, -0.2) is 9.97 Å². The maximum absolute atomic E-state index is 6.22. The lowest BCUT2D eigenvalue weighted by Crippen LogP contribution is -2.18. The standard InChI is InChI=1S/C17H17Cl2N7/c18-10-4-13(19)12-6-11(24-14(12)5-10)7-20-2-1-3-22-17-25-15-8-21-9-23-16(15)26-17/h4-6,8-9,20,24H,1-3,7H2,(H2,21,22,23,25,26). The lowest BCUT2D eigenvalue weighted by Gasteiger charge is -2.04. The van der Waals surface area contributed by atoms with Crippen LogP contribution in [0.1, 0.15) is 12.1 Å². The highest BCUT2D eigenvalue weighted by Gasteiger charge is 2.06. The van der Waals surface area contributed by atoms with Gasteiger partial charge in [-0.2, -0.15) is 4.98 Å². The maximum Gasteiger partial charge on any atom is 0.202 e. The van der Waals surface area contributed by atoms with Crippen molar-refractivity contribution in [3.8, 4) is 0 Å². The summed E-state index contributed by atoms with van der Waals surface area (Å²) < 4.78 is 0. The zero-order valence-corrected chi connectivity index (χ0v) is 15.3. The van der Waals surface area contributed by atoms with Crippen LogP contribution in [0.2, 0.25) is 10.0 Å². The molecule has 4 aromatic rings. The van der Waals surface area contributed by atoms with Crippen molar-refractivity contribution in [3.63, 3.8) is 0 Å². The molecule has 0 radical (unpaired) electrons. The predicted octanol–water partition coefficient (Wildman–Crippen LogP) is 3.73. The molecule has 0 unspecified atom stereocenters. The van der Waals surface area contributed by atoms with Crippen molar-refractivity contribution in [2.75, 3.05) is 18.4 Å². The van der Waals surface area contributed by atoms with Crippen molar-refractivity contribution in [2.45, 2.75) is 13.0 Å². The second-order valence-electron chi connectivity index (χ2n) is 5.95. The van der Waals surface area contributed by atoms with Crippen molar-refractivity contribution in [1.29, 1.82) is 0 Å². The molecule has 3 heterocycles. The average molecular weight is 390 g/mol. The second-order valence-corrected chi connectivity index (χ2v) is 6.79. The number of nitrogens with one attached hydrogen (secondary N) is 4. The molecule has 9 heteroatoms. The molecule has 4 N–H and O–H groups in total. The number of imidazole rings is 1. The third-order valence-electron chi connectivity index (χ3n) is 4.01. The molecule has 0 aliphatic carbocycles. The number of aromatic nitrogens is 5. The van der Waals surface area contributed by atoms with Crippen LogP contribution in [-0.4, -0.2) is 38.0 Å². The highest BCUT2D eigenvalue weighted by Crippen LogP contribution is 2.28. The van der Waals surface area contributed by atoms with Gasteiger partial charge in [0.15, 0.2) is 5.65 Å². The van der Waals surface area contributed by atoms with E-state index >= 15 is 0 Å². The first kappa shape index (κ1) is 17.1. The Labute approximate surface area is 159 Å². The quantitative estimate of drug-likeness (QED) is 0.361. The summed E-state index contributed by atoms with van der Waals surface area (Å²) in [5.41, 5.74) is 3.52. The van der Waals surface area contributed by atoms with Gasteiger partial charge in [0.25, 0.3) is 0 Å². The summed E-state index contributed by atoms with van der Waals surface area (Å²) in [4.78, 5) is 18.9. The maximum atomic E-state index is 6.22. The molecule has 0 saturated heterocycles. The van der Waals surface area contributed by atoms with Gasteiger partial charge in [-0.1, -0.05) is 23.2 Å². The number of fused-ring (bicyclic) bond motifs is 2. The van der Waals surface area contributed by atoms with Crippen molar-refractivity contribution in [3.05, 3.63) is 46.5 Å². The molecule has 3 aromatic heterocycles. The van der Waals surface area contributed by atoms with E-state index in [0.29, 0.717) is 21.6 Å². The molecule has 0 spiro atoms. The monoisotopic (exact) mass is 389 g/mol. The van der Waals surface area contributed by atoms with E-state index < -0.39 is 0 Å². The Hall–Kier alpha value is -2.35. The lowest BCUT2D eigenvalue weighted by molar-refractivity contribution is 0.655. The van der Waals surface area contributed by atoms with Gasteiger partial charge >= 0.3 is 0 Å². The molecular weight excluding hydrogens is 373 g/mol. The summed E-state index contributed by atoms with van der Waals surface area (Å²) in [5.74, 6) is 0.711. The molecule has 134 valence electrons. The van der Waals surface area contributed by atoms with Crippen LogP contribution in [-0.2, 0) is 6.54 Å². The van der Waals surface area contributed by atoms with Gasteiger partial charge in [-0.05, 0) is 31.2 Å². The van der Waals surface area contributed by atoms with Crippen LogP contribution in [0.15, 0.2) is 30.7 Å². The van der Waals surface area contributed by atoms with Crippen molar-refractivity contribution in [2.24, 2.45) is 0 Å². The molecule has 26 heavy (non-hydrogen) atoms. The number of benzene rings is 1. The Balaban J connectivity index is 1.23. The molecule has 1 aromatic carbocycles. The Kier molecular flexibility index (Phi) is 4.92. The molecular formula is C17H17Cl2N7. The van der Waals surface area contributed by atoms with E-state index in [0.717, 1.165) is 48.2 Å². The van der Waals surface area contributed by atoms with Crippen LogP contribution >= 0.6 is 23.2 Å². The minimum absolute atomic E-state index is 0.631. The summed E-state index contributed by atoms with van der Waals surface area (Å²) in [7, 11) is 0. The topological polar surface area (TPSA) is 94.3 Å². The number of hydrogen-bond donors (Lipinski definition) is 4. The van der Waals surface area contributed by atoms with E-state index in [4.69, 9.17) is 23.2 Å². The SMILES string of the molecule is Clc1cc(Cl)c2cc(CNCCCNc3nc4ncncc4[nH]3)[nH]c2c1. The minimum Gasteiger partial charge on any atom is -0.357 e. The summed E-state index contributed by atoms with van der Waals surface area (Å²) in [5, 5.41) is 8.94. The highest BCUT2D eigenvalue weighted by atomic mass is 35.5. The van der Waals surface area contributed by atoms with E-state index in [-0.39, 0.29) is 0 Å². The Morgan fingerprint density at radius 3 is 2.85 bits per heavy atom. The lowest BCUT2D eigenvalue weighted by atomic mass is 10.2. The molecule has 0 aliphatic rings. The number of aromatic amines is 2. The Bertz CT molecular complexity index is 1010. The first-order valence-electron chi connectivity index (χ1n) is 8.26.